The van der Waals surface area contributed by atoms with Gasteiger partial charge in [0.15, 0.2) is 0 Å². The standard InChI is InChI=1S/C16H23N3O3/c1-2-12-4-3-5-13(10-12)19-14(20)11-18-15(21)16(17)6-8-22-9-7-16/h3-5,10H,2,6-9,11,17H2,1H3,(H,18,21)(H,19,20). The lowest BCUT2D eigenvalue weighted by molar-refractivity contribution is -0.131. The van der Waals surface area contributed by atoms with E-state index < -0.39 is 5.54 Å². The van der Waals surface area contributed by atoms with Crippen LogP contribution in [0.2, 0.25) is 0 Å². The lowest BCUT2D eigenvalue weighted by Crippen LogP contribution is -2.57. The minimum atomic E-state index is -0.930. The fraction of sp³-hybridized carbons (Fsp3) is 0.500. The normalized spacial score (nSPS) is 16.8. The molecule has 0 bridgehead atoms. The number of carbonyl (C=O) groups excluding carboxylic acids is 2. The second kappa shape index (κ2) is 7.38. The molecule has 0 saturated carbocycles. The third kappa shape index (κ3) is 4.29. The van der Waals surface area contributed by atoms with Crippen molar-refractivity contribution in [1.29, 1.82) is 0 Å². The minimum Gasteiger partial charge on any atom is -0.381 e. The SMILES string of the molecule is CCc1cccc(NC(=O)CNC(=O)C2(N)CCOCC2)c1. The van der Waals surface area contributed by atoms with Gasteiger partial charge >= 0.3 is 0 Å². The number of nitrogens with one attached hydrogen (secondary N) is 2. The van der Waals surface area contributed by atoms with Crippen molar-refractivity contribution in [3.05, 3.63) is 29.8 Å². The zero-order valence-corrected chi connectivity index (χ0v) is 12.9. The van der Waals surface area contributed by atoms with Crippen molar-refractivity contribution in [2.45, 2.75) is 31.7 Å². The number of hydrogen-bond donors (Lipinski definition) is 3. The predicted octanol–water partition coefficient (Wildman–Crippen LogP) is 0.812. The molecule has 4 N–H and O–H groups in total. The maximum atomic E-state index is 12.1. The molecule has 1 fully saturated rings. The highest BCUT2D eigenvalue weighted by molar-refractivity contribution is 5.96. The Hall–Kier alpha value is -1.92. The van der Waals surface area contributed by atoms with Gasteiger partial charge in [-0.3, -0.25) is 9.59 Å². The smallest absolute Gasteiger partial charge is 0.243 e. The lowest BCUT2D eigenvalue weighted by Gasteiger charge is -2.31. The van der Waals surface area contributed by atoms with Crippen molar-refractivity contribution < 1.29 is 14.3 Å². The van der Waals surface area contributed by atoms with Gasteiger partial charge in [0.1, 0.15) is 0 Å². The maximum absolute atomic E-state index is 12.1. The first-order chi connectivity index (χ1) is 10.5. The average Bonchev–Trinajstić information content (AvgIpc) is 2.53. The second-order valence-corrected chi connectivity index (χ2v) is 5.55. The van der Waals surface area contributed by atoms with Gasteiger partial charge in [-0.1, -0.05) is 19.1 Å². The summed E-state index contributed by atoms with van der Waals surface area (Å²) in [5.74, 6) is -0.564. The van der Waals surface area contributed by atoms with Crippen LogP contribution >= 0.6 is 0 Å². The van der Waals surface area contributed by atoms with Gasteiger partial charge in [-0.05, 0) is 37.0 Å². The second-order valence-electron chi connectivity index (χ2n) is 5.55. The highest BCUT2D eigenvalue weighted by atomic mass is 16.5. The number of aryl methyl sites for hydroxylation is 1. The molecular formula is C16H23N3O3. The summed E-state index contributed by atoms with van der Waals surface area (Å²) in [6.45, 7) is 2.91. The molecule has 1 aliphatic rings. The average molecular weight is 305 g/mol. The number of amides is 2. The predicted molar refractivity (Wildman–Crippen MR) is 84.4 cm³/mol. The molecule has 1 aromatic carbocycles. The van der Waals surface area contributed by atoms with Crippen molar-refractivity contribution in [2.24, 2.45) is 5.73 Å². The van der Waals surface area contributed by atoms with Crippen molar-refractivity contribution in [1.82, 2.24) is 5.32 Å². The van der Waals surface area contributed by atoms with E-state index in [1.807, 2.05) is 24.3 Å². The molecule has 1 aliphatic heterocycles. The highest BCUT2D eigenvalue weighted by Crippen LogP contribution is 2.17. The number of hydrogen-bond acceptors (Lipinski definition) is 4. The Kier molecular flexibility index (Phi) is 5.51. The van der Waals surface area contributed by atoms with Gasteiger partial charge in [0.05, 0.1) is 12.1 Å². The zero-order valence-electron chi connectivity index (χ0n) is 12.9. The highest BCUT2D eigenvalue weighted by Gasteiger charge is 2.35. The molecule has 1 heterocycles. The van der Waals surface area contributed by atoms with E-state index in [1.165, 1.54) is 0 Å². The van der Waals surface area contributed by atoms with Crippen LogP contribution in [0.1, 0.15) is 25.3 Å². The monoisotopic (exact) mass is 305 g/mol. The first-order valence-corrected chi connectivity index (χ1v) is 7.57. The molecule has 6 nitrogen and oxygen atoms in total. The summed E-state index contributed by atoms with van der Waals surface area (Å²) in [6, 6.07) is 7.63. The van der Waals surface area contributed by atoms with E-state index in [0.717, 1.165) is 17.7 Å². The van der Waals surface area contributed by atoms with Crippen molar-refractivity contribution >= 4 is 17.5 Å². The summed E-state index contributed by atoms with van der Waals surface area (Å²) < 4.78 is 5.20. The van der Waals surface area contributed by atoms with E-state index in [0.29, 0.717) is 26.1 Å². The van der Waals surface area contributed by atoms with Crippen LogP contribution in [-0.2, 0) is 20.7 Å². The molecule has 2 rings (SSSR count). The van der Waals surface area contributed by atoms with Crippen LogP contribution < -0.4 is 16.4 Å². The third-order valence-corrected chi connectivity index (χ3v) is 3.87. The molecule has 2 amide bonds. The van der Waals surface area contributed by atoms with Crippen LogP contribution in [0.5, 0.6) is 0 Å². The molecule has 120 valence electrons. The summed E-state index contributed by atoms with van der Waals surface area (Å²) >= 11 is 0. The number of rotatable bonds is 5. The van der Waals surface area contributed by atoms with E-state index in [-0.39, 0.29) is 18.4 Å². The van der Waals surface area contributed by atoms with Gasteiger partial charge in [0.2, 0.25) is 11.8 Å². The molecule has 0 aliphatic carbocycles. The summed E-state index contributed by atoms with van der Waals surface area (Å²) in [5, 5.41) is 5.38. The number of anilines is 1. The van der Waals surface area contributed by atoms with Crippen molar-refractivity contribution in [2.75, 3.05) is 25.1 Å². The largest absolute Gasteiger partial charge is 0.381 e. The Morgan fingerprint density at radius 2 is 2.05 bits per heavy atom. The van der Waals surface area contributed by atoms with Gasteiger partial charge < -0.3 is 21.1 Å². The molecule has 0 unspecified atom stereocenters. The van der Waals surface area contributed by atoms with Crippen LogP contribution in [-0.4, -0.2) is 37.1 Å². The van der Waals surface area contributed by atoms with Crippen LogP contribution in [0, 0.1) is 0 Å². The Balaban J connectivity index is 1.83. The fourth-order valence-corrected chi connectivity index (χ4v) is 2.37. The molecule has 1 saturated heterocycles. The summed E-state index contributed by atoms with van der Waals surface area (Å²) in [4.78, 5) is 24.0. The lowest BCUT2D eigenvalue weighted by atomic mass is 9.90. The molecule has 0 spiro atoms. The first-order valence-electron chi connectivity index (χ1n) is 7.57. The van der Waals surface area contributed by atoms with Gasteiger partial charge in [-0.2, -0.15) is 0 Å². The van der Waals surface area contributed by atoms with Crippen LogP contribution in [0.4, 0.5) is 5.69 Å². The molecule has 0 radical (unpaired) electrons. The quantitative estimate of drug-likeness (QED) is 0.750. The van der Waals surface area contributed by atoms with Crippen LogP contribution in [0.3, 0.4) is 0 Å². The maximum Gasteiger partial charge on any atom is 0.243 e. The van der Waals surface area contributed by atoms with E-state index in [2.05, 4.69) is 17.6 Å². The molecule has 0 atom stereocenters. The zero-order chi connectivity index (χ0) is 16.0. The van der Waals surface area contributed by atoms with Crippen LogP contribution in [0.25, 0.3) is 0 Å². The number of benzene rings is 1. The van der Waals surface area contributed by atoms with Gasteiger partial charge in [0, 0.05) is 18.9 Å². The van der Waals surface area contributed by atoms with Crippen molar-refractivity contribution in [3.8, 4) is 0 Å². The van der Waals surface area contributed by atoms with Gasteiger partial charge in [-0.15, -0.1) is 0 Å². The molecule has 1 aromatic rings. The Bertz CT molecular complexity index is 539. The Labute approximate surface area is 130 Å². The first kappa shape index (κ1) is 16.5. The van der Waals surface area contributed by atoms with Gasteiger partial charge in [-0.25, -0.2) is 0 Å². The Morgan fingerprint density at radius 3 is 2.73 bits per heavy atom. The number of carbonyl (C=O) groups is 2. The number of nitrogens with two attached hydrogens (primary N) is 1. The summed E-state index contributed by atoms with van der Waals surface area (Å²) in [5.41, 5.74) is 7.00. The summed E-state index contributed by atoms with van der Waals surface area (Å²) in [6.07, 6.45) is 1.84. The van der Waals surface area contributed by atoms with Crippen molar-refractivity contribution in [3.63, 3.8) is 0 Å². The summed E-state index contributed by atoms with van der Waals surface area (Å²) in [7, 11) is 0. The van der Waals surface area contributed by atoms with E-state index >= 15 is 0 Å². The Morgan fingerprint density at radius 1 is 1.32 bits per heavy atom. The molecule has 0 aromatic heterocycles. The molecule has 6 heteroatoms. The van der Waals surface area contributed by atoms with E-state index in [4.69, 9.17) is 10.5 Å². The number of ether oxygens (including phenoxy) is 1. The topological polar surface area (TPSA) is 93.5 Å². The van der Waals surface area contributed by atoms with Crippen LogP contribution in [0.15, 0.2) is 24.3 Å². The third-order valence-electron chi connectivity index (χ3n) is 3.87. The molecule has 22 heavy (non-hydrogen) atoms. The molecular weight excluding hydrogens is 282 g/mol. The van der Waals surface area contributed by atoms with E-state index in [9.17, 15) is 9.59 Å². The van der Waals surface area contributed by atoms with E-state index in [1.54, 1.807) is 0 Å². The minimum absolute atomic E-state index is 0.0883. The fourth-order valence-electron chi connectivity index (χ4n) is 2.37. The van der Waals surface area contributed by atoms with Gasteiger partial charge in [0.25, 0.3) is 0 Å².